The summed E-state index contributed by atoms with van der Waals surface area (Å²) in [4.78, 5) is 17.4. The van der Waals surface area contributed by atoms with Gasteiger partial charge in [0.15, 0.2) is 5.82 Å². The van der Waals surface area contributed by atoms with E-state index >= 15 is 0 Å². The van der Waals surface area contributed by atoms with Gasteiger partial charge in [-0.15, -0.1) is 5.10 Å². The number of hydrogen-bond donors (Lipinski definition) is 1. The molecule has 1 amide bonds. The van der Waals surface area contributed by atoms with E-state index in [1.807, 2.05) is 6.07 Å². The van der Waals surface area contributed by atoms with Gasteiger partial charge in [0.2, 0.25) is 5.91 Å². The molecule has 1 fully saturated rings. The van der Waals surface area contributed by atoms with Crippen LogP contribution in [0.25, 0.3) is 0 Å². The summed E-state index contributed by atoms with van der Waals surface area (Å²) in [6.45, 7) is 5.43. The molecule has 0 spiro atoms. The Hall–Kier alpha value is -3.10. The first-order chi connectivity index (χ1) is 15.7. The van der Waals surface area contributed by atoms with Crippen LogP contribution >= 0.6 is 0 Å². The Morgan fingerprint density at radius 3 is 2.66 bits per heavy atom. The molecule has 8 nitrogen and oxygen atoms in total. The summed E-state index contributed by atoms with van der Waals surface area (Å²) in [7, 11) is 0. The average Bonchev–Trinajstić information content (AvgIpc) is 3.43. The standard InChI is InChI=1S/C24H29N7O/c32-24(25-22-11-13-29(16-22)14-19-6-2-1-3-7-19)18-31-23(26-27-28-31)17-30-12-10-20-8-4-5-9-21(20)15-30/h1-9,22H,10-18H2,(H,25,32). The molecule has 3 heterocycles. The molecule has 2 aromatic carbocycles. The topological polar surface area (TPSA) is 79.2 Å². The molecule has 8 heteroatoms. The Bertz CT molecular complexity index is 1050. The summed E-state index contributed by atoms with van der Waals surface area (Å²) >= 11 is 0. The van der Waals surface area contributed by atoms with E-state index in [1.54, 1.807) is 4.68 Å². The zero-order chi connectivity index (χ0) is 21.8. The van der Waals surface area contributed by atoms with Gasteiger partial charge in [-0.05, 0) is 40.0 Å². The molecule has 2 aliphatic rings. The number of carbonyl (C=O) groups is 1. The molecule has 1 saturated heterocycles. The minimum atomic E-state index is -0.0332. The number of tetrazole rings is 1. The van der Waals surface area contributed by atoms with Crippen LogP contribution in [0.4, 0.5) is 0 Å². The Morgan fingerprint density at radius 2 is 1.78 bits per heavy atom. The summed E-state index contributed by atoms with van der Waals surface area (Å²) in [6.07, 6.45) is 1.99. The van der Waals surface area contributed by atoms with Gasteiger partial charge in [-0.2, -0.15) is 0 Å². The predicted octanol–water partition coefficient (Wildman–Crippen LogP) is 1.62. The van der Waals surface area contributed by atoms with Gasteiger partial charge in [0.25, 0.3) is 0 Å². The minimum absolute atomic E-state index is 0.0332. The maximum Gasteiger partial charge on any atom is 0.242 e. The third-order valence-corrected chi connectivity index (χ3v) is 6.36. The minimum Gasteiger partial charge on any atom is -0.350 e. The van der Waals surface area contributed by atoms with E-state index in [2.05, 4.69) is 79.2 Å². The van der Waals surface area contributed by atoms with Gasteiger partial charge in [-0.3, -0.25) is 14.6 Å². The fraction of sp³-hybridized carbons (Fsp3) is 0.417. The van der Waals surface area contributed by atoms with Crippen molar-refractivity contribution < 1.29 is 4.79 Å². The molecule has 0 radical (unpaired) electrons. The number of aromatic nitrogens is 4. The van der Waals surface area contributed by atoms with Crippen LogP contribution in [-0.2, 0) is 37.4 Å². The number of benzene rings is 2. The third kappa shape index (κ3) is 5.03. The predicted molar refractivity (Wildman–Crippen MR) is 120 cm³/mol. The molecule has 1 aromatic heterocycles. The van der Waals surface area contributed by atoms with Crippen molar-refractivity contribution in [2.45, 2.75) is 45.1 Å². The second-order valence-corrected chi connectivity index (χ2v) is 8.76. The zero-order valence-electron chi connectivity index (χ0n) is 18.2. The Balaban J connectivity index is 1.12. The zero-order valence-corrected chi connectivity index (χ0v) is 18.2. The van der Waals surface area contributed by atoms with E-state index in [4.69, 9.17) is 0 Å². The number of carbonyl (C=O) groups excluding carboxylic acids is 1. The van der Waals surface area contributed by atoms with Crippen molar-refractivity contribution in [1.82, 2.24) is 35.3 Å². The van der Waals surface area contributed by atoms with E-state index in [-0.39, 0.29) is 18.5 Å². The van der Waals surface area contributed by atoms with Crippen molar-refractivity contribution in [2.24, 2.45) is 0 Å². The lowest BCUT2D eigenvalue weighted by Gasteiger charge is -2.28. The first-order valence-electron chi connectivity index (χ1n) is 11.3. The largest absolute Gasteiger partial charge is 0.350 e. The highest BCUT2D eigenvalue weighted by Gasteiger charge is 2.25. The average molecular weight is 432 g/mol. The monoisotopic (exact) mass is 431 g/mol. The molecular weight excluding hydrogens is 402 g/mol. The van der Waals surface area contributed by atoms with Crippen molar-refractivity contribution in [3.05, 3.63) is 77.1 Å². The number of amides is 1. The fourth-order valence-electron chi connectivity index (χ4n) is 4.69. The van der Waals surface area contributed by atoms with Gasteiger partial charge in [-0.1, -0.05) is 54.6 Å². The van der Waals surface area contributed by atoms with E-state index in [9.17, 15) is 4.79 Å². The van der Waals surface area contributed by atoms with Crippen molar-refractivity contribution in [3.8, 4) is 0 Å². The van der Waals surface area contributed by atoms with Crippen molar-refractivity contribution in [1.29, 1.82) is 0 Å². The van der Waals surface area contributed by atoms with Crippen molar-refractivity contribution >= 4 is 5.91 Å². The van der Waals surface area contributed by atoms with Crippen molar-refractivity contribution in [2.75, 3.05) is 19.6 Å². The molecule has 1 atom stereocenters. The summed E-state index contributed by atoms with van der Waals surface area (Å²) in [5.41, 5.74) is 4.08. The van der Waals surface area contributed by atoms with E-state index < -0.39 is 0 Å². The second-order valence-electron chi connectivity index (χ2n) is 8.76. The quantitative estimate of drug-likeness (QED) is 0.613. The van der Waals surface area contributed by atoms with Crippen molar-refractivity contribution in [3.63, 3.8) is 0 Å². The molecular formula is C24H29N7O. The number of nitrogens with zero attached hydrogens (tertiary/aromatic N) is 6. The van der Waals surface area contributed by atoms with Crippen LogP contribution in [0, 0.1) is 0 Å². The van der Waals surface area contributed by atoms with E-state index in [1.165, 1.54) is 16.7 Å². The molecule has 0 bridgehead atoms. The summed E-state index contributed by atoms with van der Waals surface area (Å²) in [5, 5.41) is 15.2. The number of rotatable bonds is 7. The molecule has 0 aliphatic carbocycles. The molecule has 1 N–H and O–H groups in total. The van der Waals surface area contributed by atoms with Crippen LogP contribution in [0.1, 0.15) is 28.9 Å². The van der Waals surface area contributed by atoms with Crippen LogP contribution in [0.15, 0.2) is 54.6 Å². The lowest BCUT2D eigenvalue weighted by molar-refractivity contribution is -0.122. The lowest BCUT2D eigenvalue weighted by atomic mass is 10.00. The van der Waals surface area contributed by atoms with E-state index in [0.717, 1.165) is 51.4 Å². The highest BCUT2D eigenvalue weighted by atomic mass is 16.2. The van der Waals surface area contributed by atoms with Crippen LogP contribution in [0.2, 0.25) is 0 Å². The number of nitrogens with one attached hydrogen (secondary N) is 1. The van der Waals surface area contributed by atoms with Gasteiger partial charge in [0, 0.05) is 38.8 Å². The van der Waals surface area contributed by atoms with Gasteiger partial charge >= 0.3 is 0 Å². The number of likely N-dealkylation sites (tertiary alicyclic amines) is 1. The van der Waals surface area contributed by atoms with Crippen LogP contribution in [-0.4, -0.2) is 61.6 Å². The van der Waals surface area contributed by atoms with E-state index in [0.29, 0.717) is 6.54 Å². The number of fused-ring (bicyclic) bond motifs is 1. The van der Waals surface area contributed by atoms with Gasteiger partial charge in [0.1, 0.15) is 6.54 Å². The second kappa shape index (κ2) is 9.58. The third-order valence-electron chi connectivity index (χ3n) is 6.36. The molecule has 5 rings (SSSR count). The maximum atomic E-state index is 12.7. The fourth-order valence-corrected chi connectivity index (χ4v) is 4.69. The molecule has 2 aliphatic heterocycles. The van der Waals surface area contributed by atoms with Crippen LogP contribution in [0.5, 0.6) is 0 Å². The summed E-state index contributed by atoms with van der Waals surface area (Å²) < 4.78 is 1.63. The SMILES string of the molecule is O=C(Cn1nnnc1CN1CCc2ccccc2C1)NC1CCN(Cc2ccccc2)C1. The molecule has 1 unspecified atom stereocenters. The first-order valence-corrected chi connectivity index (χ1v) is 11.3. The molecule has 32 heavy (non-hydrogen) atoms. The highest BCUT2D eigenvalue weighted by molar-refractivity contribution is 5.76. The molecule has 166 valence electrons. The normalized spacial score (nSPS) is 19.1. The van der Waals surface area contributed by atoms with Crippen LogP contribution < -0.4 is 5.32 Å². The maximum absolute atomic E-state index is 12.7. The highest BCUT2D eigenvalue weighted by Crippen LogP contribution is 2.19. The Kier molecular flexibility index (Phi) is 6.22. The summed E-state index contributed by atoms with van der Waals surface area (Å²) in [6, 6.07) is 19.2. The molecule has 3 aromatic rings. The number of hydrogen-bond acceptors (Lipinski definition) is 6. The van der Waals surface area contributed by atoms with Gasteiger partial charge in [0.05, 0.1) is 6.54 Å². The Morgan fingerprint density at radius 1 is 0.969 bits per heavy atom. The first kappa shape index (κ1) is 20.8. The van der Waals surface area contributed by atoms with Gasteiger partial charge in [-0.25, -0.2) is 4.68 Å². The van der Waals surface area contributed by atoms with Gasteiger partial charge < -0.3 is 5.32 Å². The molecule has 0 saturated carbocycles. The smallest absolute Gasteiger partial charge is 0.242 e. The summed E-state index contributed by atoms with van der Waals surface area (Å²) in [5.74, 6) is 0.700. The Labute approximate surface area is 188 Å². The van der Waals surface area contributed by atoms with Crippen LogP contribution in [0.3, 0.4) is 0 Å². The lowest BCUT2D eigenvalue weighted by Crippen LogP contribution is -2.39.